The maximum absolute atomic E-state index is 12.7. The SMILES string of the molecule is COc1cc(N)ccc1NC(=O)c1ccc(F)cn1. The summed E-state index contributed by atoms with van der Waals surface area (Å²) in [6.45, 7) is 0. The number of halogens is 1. The zero-order valence-corrected chi connectivity index (χ0v) is 10.2. The van der Waals surface area contributed by atoms with Crippen LogP contribution in [-0.2, 0) is 0 Å². The summed E-state index contributed by atoms with van der Waals surface area (Å²) in [6, 6.07) is 7.32. The fourth-order valence-corrected chi connectivity index (χ4v) is 1.51. The lowest BCUT2D eigenvalue weighted by molar-refractivity contribution is 0.102. The number of carbonyl (C=O) groups excluding carboxylic acids is 1. The Morgan fingerprint density at radius 3 is 2.79 bits per heavy atom. The first kappa shape index (κ1) is 12.8. The summed E-state index contributed by atoms with van der Waals surface area (Å²) < 4.78 is 17.8. The minimum atomic E-state index is -0.499. The number of nitrogens with zero attached hydrogens (tertiary/aromatic N) is 1. The predicted molar refractivity (Wildman–Crippen MR) is 69.6 cm³/mol. The largest absolute Gasteiger partial charge is 0.494 e. The van der Waals surface area contributed by atoms with E-state index in [1.807, 2.05) is 0 Å². The number of aromatic nitrogens is 1. The maximum Gasteiger partial charge on any atom is 0.274 e. The molecular formula is C13H12FN3O2. The average molecular weight is 261 g/mol. The highest BCUT2D eigenvalue weighted by atomic mass is 19.1. The number of hydrogen-bond acceptors (Lipinski definition) is 4. The van der Waals surface area contributed by atoms with Crippen molar-refractivity contribution in [2.75, 3.05) is 18.2 Å². The summed E-state index contributed by atoms with van der Waals surface area (Å²) >= 11 is 0. The number of amides is 1. The molecule has 0 fully saturated rings. The molecular weight excluding hydrogens is 249 g/mol. The number of nitrogens with one attached hydrogen (secondary N) is 1. The van der Waals surface area contributed by atoms with Gasteiger partial charge in [0.1, 0.15) is 17.3 Å². The van der Waals surface area contributed by atoms with Crippen LogP contribution in [0.3, 0.4) is 0 Å². The van der Waals surface area contributed by atoms with Gasteiger partial charge in [0, 0.05) is 11.8 Å². The van der Waals surface area contributed by atoms with Gasteiger partial charge in [-0.25, -0.2) is 9.37 Å². The zero-order chi connectivity index (χ0) is 13.8. The van der Waals surface area contributed by atoms with E-state index < -0.39 is 11.7 Å². The topological polar surface area (TPSA) is 77.2 Å². The van der Waals surface area contributed by atoms with Gasteiger partial charge in [-0.1, -0.05) is 0 Å². The molecule has 2 aromatic rings. The van der Waals surface area contributed by atoms with Gasteiger partial charge in [0.15, 0.2) is 0 Å². The monoisotopic (exact) mass is 261 g/mol. The van der Waals surface area contributed by atoms with Crippen LogP contribution in [0.1, 0.15) is 10.5 Å². The molecule has 0 unspecified atom stereocenters. The number of benzene rings is 1. The molecule has 0 bridgehead atoms. The fraction of sp³-hybridized carbons (Fsp3) is 0.0769. The van der Waals surface area contributed by atoms with Crippen molar-refractivity contribution in [2.45, 2.75) is 0 Å². The molecule has 0 aliphatic carbocycles. The number of anilines is 2. The molecule has 0 aliphatic heterocycles. The first-order valence-corrected chi connectivity index (χ1v) is 5.46. The van der Waals surface area contributed by atoms with Gasteiger partial charge in [-0.3, -0.25) is 4.79 Å². The molecule has 0 saturated carbocycles. The number of nitrogen functional groups attached to an aromatic ring is 1. The number of nitrogens with two attached hydrogens (primary N) is 1. The molecule has 0 spiro atoms. The highest BCUT2D eigenvalue weighted by Crippen LogP contribution is 2.26. The van der Waals surface area contributed by atoms with Gasteiger partial charge in [0.2, 0.25) is 0 Å². The van der Waals surface area contributed by atoms with Crippen LogP contribution in [0.4, 0.5) is 15.8 Å². The Hall–Kier alpha value is -2.63. The Bertz CT molecular complexity index is 599. The Morgan fingerprint density at radius 2 is 2.16 bits per heavy atom. The van der Waals surface area contributed by atoms with Crippen LogP contribution in [0.2, 0.25) is 0 Å². The summed E-state index contributed by atoms with van der Waals surface area (Å²) in [5.41, 5.74) is 6.71. The summed E-state index contributed by atoms with van der Waals surface area (Å²) in [7, 11) is 1.47. The van der Waals surface area contributed by atoms with Gasteiger partial charge in [-0.2, -0.15) is 0 Å². The molecule has 1 aromatic heterocycles. The lowest BCUT2D eigenvalue weighted by atomic mass is 10.2. The molecule has 0 saturated heterocycles. The second-order valence-electron chi connectivity index (χ2n) is 3.78. The van der Waals surface area contributed by atoms with E-state index in [2.05, 4.69) is 10.3 Å². The third kappa shape index (κ3) is 2.98. The molecule has 1 aromatic carbocycles. The van der Waals surface area contributed by atoms with Crippen LogP contribution in [-0.4, -0.2) is 18.0 Å². The molecule has 0 aliphatic rings. The first-order chi connectivity index (χ1) is 9.10. The number of ether oxygens (including phenoxy) is 1. The molecule has 19 heavy (non-hydrogen) atoms. The van der Waals surface area contributed by atoms with Crippen molar-refractivity contribution >= 4 is 17.3 Å². The minimum absolute atomic E-state index is 0.111. The molecule has 0 atom stereocenters. The van der Waals surface area contributed by atoms with Gasteiger partial charge < -0.3 is 15.8 Å². The second-order valence-corrected chi connectivity index (χ2v) is 3.78. The molecule has 98 valence electrons. The molecule has 6 heteroatoms. The van der Waals surface area contributed by atoms with Gasteiger partial charge in [-0.05, 0) is 24.3 Å². The van der Waals surface area contributed by atoms with Crippen LogP contribution in [0.15, 0.2) is 36.5 Å². The minimum Gasteiger partial charge on any atom is -0.494 e. The van der Waals surface area contributed by atoms with Crippen molar-refractivity contribution in [1.29, 1.82) is 0 Å². The van der Waals surface area contributed by atoms with Crippen LogP contribution >= 0.6 is 0 Å². The summed E-state index contributed by atoms with van der Waals surface area (Å²) in [5.74, 6) is -0.514. The number of rotatable bonds is 3. The maximum atomic E-state index is 12.7. The summed E-state index contributed by atoms with van der Waals surface area (Å²) in [4.78, 5) is 15.6. The zero-order valence-electron chi connectivity index (χ0n) is 10.2. The van der Waals surface area contributed by atoms with E-state index in [0.717, 1.165) is 6.20 Å². The van der Waals surface area contributed by atoms with Crippen LogP contribution in [0, 0.1) is 5.82 Å². The Morgan fingerprint density at radius 1 is 1.37 bits per heavy atom. The van der Waals surface area contributed by atoms with E-state index in [0.29, 0.717) is 17.1 Å². The van der Waals surface area contributed by atoms with Gasteiger partial charge in [0.25, 0.3) is 5.91 Å². The lowest BCUT2D eigenvalue weighted by Gasteiger charge is -2.10. The normalized spacial score (nSPS) is 10.0. The van der Waals surface area contributed by atoms with E-state index >= 15 is 0 Å². The van der Waals surface area contributed by atoms with E-state index in [1.165, 1.54) is 19.2 Å². The van der Waals surface area contributed by atoms with E-state index in [-0.39, 0.29) is 5.69 Å². The lowest BCUT2D eigenvalue weighted by Crippen LogP contribution is -2.14. The van der Waals surface area contributed by atoms with Gasteiger partial charge in [0.05, 0.1) is 19.0 Å². The van der Waals surface area contributed by atoms with Crippen molar-refractivity contribution in [3.63, 3.8) is 0 Å². The molecule has 3 N–H and O–H groups in total. The summed E-state index contributed by atoms with van der Waals surface area (Å²) in [6.07, 6.45) is 0.981. The van der Waals surface area contributed by atoms with Crippen LogP contribution in [0.5, 0.6) is 5.75 Å². The first-order valence-electron chi connectivity index (χ1n) is 5.46. The fourth-order valence-electron chi connectivity index (χ4n) is 1.51. The number of pyridine rings is 1. The smallest absolute Gasteiger partial charge is 0.274 e. The van der Waals surface area contributed by atoms with Gasteiger partial charge >= 0.3 is 0 Å². The Labute approximate surface area is 109 Å². The molecule has 1 amide bonds. The second kappa shape index (κ2) is 5.34. The highest BCUT2D eigenvalue weighted by Gasteiger charge is 2.11. The van der Waals surface area contributed by atoms with E-state index in [4.69, 9.17) is 10.5 Å². The Balaban J connectivity index is 2.21. The number of methoxy groups -OCH3 is 1. The average Bonchev–Trinajstić information content (AvgIpc) is 2.41. The molecule has 0 radical (unpaired) electrons. The molecule has 2 rings (SSSR count). The highest BCUT2D eigenvalue weighted by molar-refractivity contribution is 6.03. The predicted octanol–water partition coefficient (Wildman–Crippen LogP) is 2.06. The van der Waals surface area contributed by atoms with Crippen molar-refractivity contribution in [3.05, 3.63) is 48.0 Å². The number of hydrogen-bond donors (Lipinski definition) is 2. The summed E-state index contributed by atoms with van der Waals surface area (Å²) in [5, 5.41) is 2.62. The van der Waals surface area contributed by atoms with E-state index in [1.54, 1.807) is 18.2 Å². The number of carbonyl (C=O) groups is 1. The van der Waals surface area contributed by atoms with Crippen molar-refractivity contribution in [2.24, 2.45) is 0 Å². The molecule has 5 nitrogen and oxygen atoms in total. The van der Waals surface area contributed by atoms with Gasteiger partial charge in [-0.15, -0.1) is 0 Å². The van der Waals surface area contributed by atoms with Crippen molar-refractivity contribution < 1.29 is 13.9 Å². The third-order valence-corrected chi connectivity index (χ3v) is 2.43. The van der Waals surface area contributed by atoms with E-state index in [9.17, 15) is 9.18 Å². The van der Waals surface area contributed by atoms with Crippen LogP contribution in [0.25, 0.3) is 0 Å². The quantitative estimate of drug-likeness (QED) is 0.829. The van der Waals surface area contributed by atoms with Crippen molar-refractivity contribution in [3.8, 4) is 5.75 Å². The molecule has 1 heterocycles. The van der Waals surface area contributed by atoms with Crippen molar-refractivity contribution in [1.82, 2.24) is 4.98 Å². The third-order valence-electron chi connectivity index (χ3n) is 2.43. The Kier molecular flexibility index (Phi) is 3.61. The van der Waals surface area contributed by atoms with Crippen LogP contribution < -0.4 is 15.8 Å². The standard InChI is InChI=1S/C13H12FN3O2/c1-19-12-6-9(15)3-5-10(12)17-13(18)11-4-2-8(14)7-16-11/h2-7H,15H2,1H3,(H,17,18).